The van der Waals surface area contributed by atoms with Crippen molar-refractivity contribution in [2.24, 2.45) is 5.73 Å². The lowest BCUT2D eigenvalue weighted by Crippen LogP contribution is -2.41. The zero-order valence-corrected chi connectivity index (χ0v) is 9.45. The molecule has 1 aliphatic rings. The van der Waals surface area contributed by atoms with E-state index in [2.05, 4.69) is 5.32 Å². The number of nitrogens with one attached hydrogen (secondary N) is 1. The normalized spacial score (nSPS) is 23.0. The number of benzene rings is 1. The lowest BCUT2D eigenvalue weighted by molar-refractivity contribution is 0.347. The molecule has 1 heterocycles. The van der Waals surface area contributed by atoms with E-state index in [0.29, 0.717) is 12.6 Å². The molecule has 3 N–H and O–H groups in total. The van der Waals surface area contributed by atoms with Crippen LogP contribution >= 0.6 is 0 Å². The van der Waals surface area contributed by atoms with Crippen LogP contribution in [-0.2, 0) is 0 Å². The molecular formula is C13H19FN2. The highest BCUT2D eigenvalue weighted by Gasteiger charge is 2.25. The van der Waals surface area contributed by atoms with Gasteiger partial charge < -0.3 is 11.1 Å². The van der Waals surface area contributed by atoms with Crippen molar-refractivity contribution in [2.75, 3.05) is 13.1 Å². The summed E-state index contributed by atoms with van der Waals surface area (Å²) in [6.45, 7) is 1.52. The molecule has 0 spiro atoms. The Hall–Kier alpha value is -0.930. The van der Waals surface area contributed by atoms with Crippen molar-refractivity contribution in [2.45, 2.75) is 31.2 Å². The van der Waals surface area contributed by atoms with Gasteiger partial charge in [-0.3, -0.25) is 0 Å². The first kappa shape index (κ1) is 11.6. The molecule has 2 nitrogen and oxygen atoms in total. The second kappa shape index (κ2) is 5.41. The SMILES string of the molecule is NCC(c1ccccc1F)C1CCCCN1. The van der Waals surface area contributed by atoms with Crippen molar-refractivity contribution < 1.29 is 4.39 Å². The minimum absolute atomic E-state index is 0.0986. The first-order valence-corrected chi connectivity index (χ1v) is 6.01. The van der Waals surface area contributed by atoms with Gasteiger partial charge in [0.25, 0.3) is 0 Å². The van der Waals surface area contributed by atoms with E-state index in [0.717, 1.165) is 18.5 Å². The lowest BCUT2D eigenvalue weighted by Gasteiger charge is -2.31. The van der Waals surface area contributed by atoms with Gasteiger partial charge in [-0.2, -0.15) is 0 Å². The molecule has 0 bridgehead atoms. The molecule has 1 aliphatic heterocycles. The van der Waals surface area contributed by atoms with Crippen LogP contribution in [0.5, 0.6) is 0 Å². The third kappa shape index (κ3) is 2.42. The third-order valence-electron chi connectivity index (χ3n) is 3.39. The molecule has 2 atom stereocenters. The summed E-state index contributed by atoms with van der Waals surface area (Å²) in [5, 5.41) is 3.45. The van der Waals surface area contributed by atoms with Crippen molar-refractivity contribution in [1.29, 1.82) is 0 Å². The maximum absolute atomic E-state index is 13.7. The molecule has 3 heteroatoms. The summed E-state index contributed by atoms with van der Waals surface area (Å²) >= 11 is 0. The number of hydrogen-bond donors (Lipinski definition) is 2. The number of nitrogens with two attached hydrogens (primary N) is 1. The monoisotopic (exact) mass is 222 g/mol. The molecule has 0 saturated carbocycles. The van der Waals surface area contributed by atoms with Crippen molar-refractivity contribution in [3.8, 4) is 0 Å². The molecule has 1 aromatic carbocycles. The van der Waals surface area contributed by atoms with Gasteiger partial charge in [-0.1, -0.05) is 24.6 Å². The van der Waals surface area contributed by atoms with Crippen LogP contribution < -0.4 is 11.1 Å². The van der Waals surface area contributed by atoms with Gasteiger partial charge in [-0.25, -0.2) is 4.39 Å². The molecule has 1 saturated heterocycles. The highest BCUT2D eigenvalue weighted by atomic mass is 19.1. The number of piperidine rings is 1. The maximum atomic E-state index is 13.7. The molecule has 0 amide bonds. The summed E-state index contributed by atoms with van der Waals surface area (Å²) in [4.78, 5) is 0. The molecule has 0 radical (unpaired) electrons. The molecule has 88 valence electrons. The molecule has 2 unspecified atom stereocenters. The second-order valence-corrected chi connectivity index (χ2v) is 4.42. The van der Waals surface area contributed by atoms with Crippen LogP contribution in [0.4, 0.5) is 4.39 Å². The predicted octanol–water partition coefficient (Wildman–Crippen LogP) is 2.01. The summed E-state index contributed by atoms with van der Waals surface area (Å²) < 4.78 is 13.7. The summed E-state index contributed by atoms with van der Waals surface area (Å²) in [6.07, 6.45) is 3.52. The topological polar surface area (TPSA) is 38.0 Å². The van der Waals surface area contributed by atoms with Crippen LogP contribution in [0.3, 0.4) is 0 Å². The summed E-state index contributed by atoms with van der Waals surface area (Å²) in [7, 11) is 0. The Morgan fingerprint density at radius 3 is 2.81 bits per heavy atom. The Morgan fingerprint density at radius 2 is 2.19 bits per heavy atom. The minimum Gasteiger partial charge on any atom is -0.330 e. The quantitative estimate of drug-likeness (QED) is 0.821. The van der Waals surface area contributed by atoms with Crippen LogP contribution in [0.1, 0.15) is 30.7 Å². The van der Waals surface area contributed by atoms with Gasteiger partial charge in [0.1, 0.15) is 5.82 Å². The molecule has 1 fully saturated rings. The fraction of sp³-hybridized carbons (Fsp3) is 0.538. The molecular weight excluding hydrogens is 203 g/mol. The molecule has 0 aliphatic carbocycles. The van der Waals surface area contributed by atoms with Crippen LogP contribution in [0.2, 0.25) is 0 Å². The average molecular weight is 222 g/mol. The smallest absolute Gasteiger partial charge is 0.126 e. The number of halogens is 1. The van der Waals surface area contributed by atoms with Gasteiger partial charge in [0.2, 0.25) is 0 Å². The maximum Gasteiger partial charge on any atom is 0.126 e. The van der Waals surface area contributed by atoms with Gasteiger partial charge in [-0.05, 0) is 31.0 Å². The second-order valence-electron chi connectivity index (χ2n) is 4.42. The van der Waals surface area contributed by atoms with E-state index in [-0.39, 0.29) is 11.7 Å². The molecule has 16 heavy (non-hydrogen) atoms. The van der Waals surface area contributed by atoms with E-state index < -0.39 is 0 Å². The minimum atomic E-state index is -0.134. The van der Waals surface area contributed by atoms with Gasteiger partial charge in [0, 0.05) is 18.5 Å². The highest BCUT2D eigenvalue weighted by molar-refractivity contribution is 5.24. The largest absolute Gasteiger partial charge is 0.330 e. The Morgan fingerprint density at radius 1 is 1.38 bits per heavy atom. The van der Waals surface area contributed by atoms with E-state index >= 15 is 0 Å². The fourth-order valence-corrected chi connectivity index (χ4v) is 2.51. The Balaban J connectivity index is 2.18. The van der Waals surface area contributed by atoms with Crippen LogP contribution in [-0.4, -0.2) is 19.1 Å². The summed E-state index contributed by atoms with van der Waals surface area (Å²) in [6, 6.07) is 7.30. The van der Waals surface area contributed by atoms with Crippen molar-refractivity contribution >= 4 is 0 Å². The Bertz CT molecular complexity index is 334. The van der Waals surface area contributed by atoms with E-state index in [1.54, 1.807) is 6.07 Å². The zero-order chi connectivity index (χ0) is 11.4. The van der Waals surface area contributed by atoms with E-state index in [1.807, 2.05) is 12.1 Å². The van der Waals surface area contributed by atoms with Gasteiger partial charge in [0.05, 0.1) is 0 Å². The summed E-state index contributed by atoms with van der Waals surface area (Å²) in [5.41, 5.74) is 6.55. The van der Waals surface area contributed by atoms with Gasteiger partial charge in [0.15, 0.2) is 0 Å². The van der Waals surface area contributed by atoms with Gasteiger partial charge in [-0.15, -0.1) is 0 Å². The van der Waals surface area contributed by atoms with Crippen LogP contribution in [0.15, 0.2) is 24.3 Å². The van der Waals surface area contributed by atoms with Crippen LogP contribution in [0, 0.1) is 5.82 Å². The van der Waals surface area contributed by atoms with Crippen molar-refractivity contribution in [3.05, 3.63) is 35.6 Å². The number of rotatable bonds is 3. The van der Waals surface area contributed by atoms with Crippen molar-refractivity contribution in [1.82, 2.24) is 5.32 Å². The van der Waals surface area contributed by atoms with Crippen molar-refractivity contribution in [3.63, 3.8) is 0 Å². The first-order valence-electron chi connectivity index (χ1n) is 6.01. The summed E-state index contributed by atoms with van der Waals surface area (Å²) in [5.74, 6) is -0.0353. The number of hydrogen-bond acceptors (Lipinski definition) is 2. The van der Waals surface area contributed by atoms with Gasteiger partial charge >= 0.3 is 0 Å². The van der Waals surface area contributed by atoms with E-state index in [9.17, 15) is 4.39 Å². The average Bonchev–Trinajstić information content (AvgIpc) is 2.34. The Kier molecular flexibility index (Phi) is 3.91. The standard InChI is InChI=1S/C13H19FN2/c14-12-6-2-1-5-10(12)11(9-15)13-7-3-4-8-16-13/h1-2,5-6,11,13,16H,3-4,7-9,15H2. The predicted molar refractivity (Wildman–Crippen MR) is 63.8 cm³/mol. The van der Waals surface area contributed by atoms with E-state index in [1.165, 1.54) is 18.9 Å². The van der Waals surface area contributed by atoms with Crippen LogP contribution in [0.25, 0.3) is 0 Å². The zero-order valence-electron chi connectivity index (χ0n) is 9.45. The highest BCUT2D eigenvalue weighted by Crippen LogP contribution is 2.26. The third-order valence-corrected chi connectivity index (χ3v) is 3.39. The molecule has 2 rings (SSSR count). The fourth-order valence-electron chi connectivity index (χ4n) is 2.51. The Labute approximate surface area is 96.0 Å². The lowest BCUT2D eigenvalue weighted by atomic mass is 9.86. The molecule has 1 aromatic rings. The first-order chi connectivity index (χ1) is 7.83. The molecule has 0 aromatic heterocycles. The van der Waals surface area contributed by atoms with E-state index in [4.69, 9.17) is 5.73 Å².